The number of aryl methyl sites for hydroxylation is 1. The second-order valence-electron chi connectivity index (χ2n) is 7.40. The van der Waals surface area contributed by atoms with Crippen molar-refractivity contribution in [1.82, 2.24) is 0 Å². The Balaban J connectivity index is 2.76. The zero-order chi connectivity index (χ0) is 21.0. The molecule has 0 aromatic heterocycles. The number of ether oxygens (including phenoxy) is 2. The lowest BCUT2D eigenvalue weighted by Gasteiger charge is -2.31. The van der Waals surface area contributed by atoms with Crippen molar-refractivity contribution >= 4 is 17.7 Å². The summed E-state index contributed by atoms with van der Waals surface area (Å²) in [5.41, 5.74) is 3.01. The Morgan fingerprint density at radius 2 is 1.64 bits per heavy atom. The fraction of sp³-hybridized carbons (Fsp3) is 0.435. The van der Waals surface area contributed by atoms with Crippen molar-refractivity contribution in [3.05, 3.63) is 47.1 Å². The summed E-state index contributed by atoms with van der Waals surface area (Å²) in [5.74, 6) is -0.568. The van der Waals surface area contributed by atoms with E-state index in [1.54, 1.807) is 6.92 Å². The zero-order valence-corrected chi connectivity index (χ0v) is 17.3. The molecule has 0 N–H and O–H groups in total. The minimum atomic E-state index is -0.455. The number of carbonyl (C=O) groups excluding carboxylic acids is 3. The maximum Gasteiger partial charge on any atom is 0.308 e. The van der Waals surface area contributed by atoms with E-state index in [2.05, 4.69) is 6.58 Å². The molecule has 0 bridgehead atoms. The number of hydrogen-bond donors (Lipinski definition) is 0. The van der Waals surface area contributed by atoms with E-state index in [4.69, 9.17) is 9.47 Å². The minimum Gasteiger partial charge on any atom is -0.426 e. The van der Waals surface area contributed by atoms with Crippen LogP contribution >= 0.6 is 0 Å². The molecule has 0 saturated heterocycles. The van der Waals surface area contributed by atoms with Gasteiger partial charge in [0, 0.05) is 31.7 Å². The van der Waals surface area contributed by atoms with Crippen LogP contribution in [0.25, 0.3) is 0 Å². The fourth-order valence-corrected chi connectivity index (χ4v) is 3.63. The van der Waals surface area contributed by atoms with Crippen LogP contribution in [0.1, 0.15) is 64.5 Å². The molecule has 2 atom stereocenters. The van der Waals surface area contributed by atoms with Crippen LogP contribution in [0.15, 0.2) is 35.9 Å². The van der Waals surface area contributed by atoms with Gasteiger partial charge in [0.25, 0.3) is 0 Å². The molecule has 2 rings (SSSR count). The van der Waals surface area contributed by atoms with Crippen molar-refractivity contribution in [2.24, 2.45) is 5.92 Å². The molecule has 0 heterocycles. The molecule has 5 nitrogen and oxygen atoms in total. The number of allylic oxidation sites excluding steroid dienone is 3. The van der Waals surface area contributed by atoms with E-state index in [0.29, 0.717) is 29.1 Å². The van der Waals surface area contributed by atoms with Gasteiger partial charge in [0.05, 0.1) is 0 Å². The summed E-state index contributed by atoms with van der Waals surface area (Å²) < 4.78 is 11.0. The van der Waals surface area contributed by atoms with Crippen LogP contribution in [0.4, 0.5) is 0 Å². The third kappa shape index (κ3) is 4.97. The van der Waals surface area contributed by atoms with Crippen molar-refractivity contribution in [3.8, 4) is 11.5 Å². The first-order chi connectivity index (χ1) is 13.1. The average molecular weight is 384 g/mol. The number of Topliss-reactive ketones (excluding diaryl/α,β-unsaturated/α-hetero) is 1. The van der Waals surface area contributed by atoms with E-state index < -0.39 is 11.9 Å². The lowest BCUT2D eigenvalue weighted by atomic mass is 9.73. The van der Waals surface area contributed by atoms with Crippen LogP contribution in [0, 0.1) is 5.92 Å². The van der Waals surface area contributed by atoms with Crippen molar-refractivity contribution in [2.75, 3.05) is 0 Å². The zero-order valence-electron chi connectivity index (χ0n) is 17.3. The van der Waals surface area contributed by atoms with Crippen molar-refractivity contribution in [1.29, 1.82) is 0 Å². The standard InChI is InChI=1S/C23H28O5/c1-7-8-17-10-21(27-15(5)24)23(22(11-17)28-16(6)25)19-9-14(4)20(26)12-18(19)13(2)3/h9-11,18-19H,2,7-8,12H2,1,3-6H3/t18-,19+/m0/s1. The lowest BCUT2D eigenvalue weighted by molar-refractivity contribution is -0.132. The molecule has 0 amide bonds. The summed E-state index contributed by atoms with van der Waals surface area (Å²) in [6, 6.07) is 3.64. The van der Waals surface area contributed by atoms with Crippen LogP contribution in [0.3, 0.4) is 0 Å². The topological polar surface area (TPSA) is 69.7 Å². The van der Waals surface area contributed by atoms with Gasteiger partial charge in [-0.3, -0.25) is 14.4 Å². The third-order valence-electron chi connectivity index (χ3n) is 4.88. The van der Waals surface area contributed by atoms with Crippen LogP contribution < -0.4 is 9.47 Å². The first kappa shape index (κ1) is 21.6. The Kier molecular flexibility index (Phi) is 6.95. The molecule has 0 unspecified atom stereocenters. The van der Waals surface area contributed by atoms with Gasteiger partial charge in [0.1, 0.15) is 11.5 Å². The number of rotatable bonds is 6. The quantitative estimate of drug-likeness (QED) is 0.404. The molecule has 0 saturated carbocycles. The SMILES string of the molecule is C=C(C)[C@@H]1CC(=O)C(C)=C[C@H]1c1c(OC(C)=O)cc(CCC)cc1OC(C)=O. The van der Waals surface area contributed by atoms with Gasteiger partial charge in [-0.1, -0.05) is 31.6 Å². The highest BCUT2D eigenvalue weighted by Crippen LogP contribution is 2.46. The largest absolute Gasteiger partial charge is 0.426 e. The third-order valence-corrected chi connectivity index (χ3v) is 4.88. The van der Waals surface area contributed by atoms with Gasteiger partial charge >= 0.3 is 11.9 Å². The summed E-state index contributed by atoms with van der Waals surface area (Å²) in [4.78, 5) is 35.8. The van der Waals surface area contributed by atoms with Gasteiger partial charge in [-0.05, 0) is 49.5 Å². The highest BCUT2D eigenvalue weighted by molar-refractivity contribution is 5.96. The summed E-state index contributed by atoms with van der Waals surface area (Å²) in [5, 5.41) is 0. The highest BCUT2D eigenvalue weighted by Gasteiger charge is 2.34. The molecule has 1 aliphatic rings. The van der Waals surface area contributed by atoms with Crippen LogP contribution in [0.5, 0.6) is 11.5 Å². The average Bonchev–Trinajstić information content (AvgIpc) is 2.56. The lowest BCUT2D eigenvalue weighted by Crippen LogP contribution is -2.24. The predicted molar refractivity (Wildman–Crippen MR) is 107 cm³/mol. The number of carbonyl (C=O) groups is 3. The van der Waals surface area contributed by atoms with Crippen molar-refractivity contribution in [3.63, 3.8) is 0 Å². The van der Waals surface area contributed by atoms with E-state index in [1.807, 2.05) is 32.1 Å². The Hall–Kier alpha value is -2.69. The molecule has 0 radical (unpaired) electrons. The van der Waals surface area contributed by atoms with Gasteiger partial charge in [-0.25, -0.2) is 0 Å². The molecule has 1 aliphatic carbocycles. The number of ketones is 1. The van der Waals surface area contributed by atoms with Crippen molar-refractivity contribution in [2.45, 2.75) is 59.8 Å². The first-order valence-electron chi connectivity index (χ1n) is 9.54. The Bertz CT molecular complexity index is 810. The van der Waals surface area contributed by atoms with Gasteiger partial charge in [-0.15, -0.1) is 0 Å². The van der Waals surface area contributed by atoms with Gasteiger partial charge in [0.15, 0.2) is 5.78 Å². The molecule has 28 heavy (non-hydrogen) atoms. The second kappa shape index (κ2) is 9.00. The van der Waals surface area contributed by atoms with E-state index in [0.717, 1.165) is 24.0 Å². The normalized spacial score (nSPS) is 19.0. The van der Waals surface area contributed by atoms with Crippen LogP contribution in [0.2, 0.25) is 0 Å². The molecule has 5 heteroatoms. The van der Waals surface area contributed by atoms with E-state index in [9.17, 15) is 14.4 Å². The van der Waals surface area contributed by atoms with Crippen LogP contribution in [-0.2, 0) is 20.8 Å². The molecule has 0 aliphatic heterocycles. The predicted octanol–water partition coefficient (Wildman–Crippen LogP) is 4.68. The van der Waals surface area contributed by atoms with Gasteiger partial charge in [-0.2, -0.15) is 0 Å². The van der Waals surface area contributed by atoms with Gasteiger partial charge < -0.3 is 9.47 Å². The number of hydrogen-bond acceptors (Lipinski definition) is 5. The Morgan fingerprint density at radius 1 is 1.11 bits per heavy atom. The molecular formula is C23H28O5. The highest BCUT2D eigenvalue weighted by atomic mass is 16.5. The Labute approximate surface area is 166 Å². The number of benzene rings is 1. The molecular weight excluding hydrogens is 356 g/mol. The summed E-state index contributed by atoms with van der Waals surface area (Å²) in [6.45, 7) is 12.4. The smallest absolute Gasteiger partial charge is 0.308 e. The van der Waals surface area contributed by atoms with E-state index in [1.165, 1.54) is 13.8 Å². The van der Waals surface area contributed by atoms with Crippen molar-refractivity contribution < 1.29 is 23.9 Å². The second-order valence-corrected chi connectivity index (χ2v) is 7.40. The van der Waals surface area contributed by atoms with E-state index >= 15 is 0 Å². The molecule has 0 spiro atoms. The fourth-order valence-electron chi connectivity index (χ4n) is 3.63. The molecule has 0 fully saturated rings. The van der Waals surface area contributed by atoms with Crippen LogP contribution in [-0.4, -0.2) is 17.7 Å². The van der Waals surface area contributed by atoms with Gasteiger partial charge in [0.2, 0.25) is 0 Å². The molecule has 1 aromatic carbocycles. The molecule has 150 valence electrons. The maximum atomic E-state index is 12.3. The maximum absolute atomic E-state index is 12.3. The Morgan fingerprint density at radius 3 is 2.07 bits per heavy atom. The summed E-state index contributed by atoms with van der Waals surface area (Å²) >= 11 is 0. The molecule has 1 aromatic rings. The summed E-state index contributed by atoms with van der Waals surface area (Å²) in [6.07, 6.45) is 3.83. The first-order valence-corrected chi connectivity index (χ1v) is 9.54. The summed E-state index contributed by atoms with van der Waals surface area (Å²) in [7, 11) is 0. The monoisotopic (exact) mass is 384 g/mol. The number of esters is 2. The van der Waals surface area contributed by atoms with E-state index in [-0.39, 0.29) is 17.6 Å². The minimum absolute atomic E-state index is 0.0647.